The molecule has 3 nitrogen and oxygen atoms in total. The van der Waals surface area contributed by atoms with Gasteiger partial charge in [-0.05, 0) is 18.2 Å². The minimum atomic E-state index is 0.0889. The predicted octanol–water partition coefficient (Wildman–Crippen LogP) is 2.04. The topological polar surface area (TPSA) is 46.1 Å². The Labute approximate surface area is 107 Å². The van der Waals surface area contributed by atoms with Gasteiger partial charge in [-0.3, -0.25) is 0 Å². The molecule has 3 N–H and O–H groups in total. The molecule has 3 heteroatoms. The summed E-state index contributed by atoms with van der Waals surface area (Å²) in [5, 5.41) is 0. The smallest absolute Gasteiger partial charge is 0.161 e. The van der Waals surface area contributed by atoms with Crippen LogP contribution in [0.1, 0.15) is 17.2 Å². The van der Waals surface area contributed by atoms with E-state index in [-0.39, 0.29) is 6.04 Å². The molecular weight excluding hydrogens is 226 g/mol. The van der Waals surface area contributed by atoms with E-state index in [2.05, 4.69) is 17.9 Å². The van der Waals surface area contributed by atoms with E-state index in [1.165, 1.54) is 5.56 Å². The Balaban J connectivity index is 2.34. The second-order valence-corrected chi connectivity index (χ2v) is 4.08. The maximum atomic E-state index is 5.31. The van der Waals surface area contributed by atoms with Gasteiger partial charge in [0.25, 0.3) is 0 Å². The van der Waals surface area contributed by atoms with Gasteiger partial charge in [0, 0.05) is 11.1 Å². The van der Waals surface area contributed by atoms with Gasteiger partial charge in [-0.2, -0.15) is 0 Å². The lowest BCUT2D eigenvalue weighted by Crippen LogP contribution is -2.53. The third-order valence-electron chi connectivity index (χ3n) is 3.01. The molecule has 0 aliphatic carbocycles. The number of quaternary nitrogens is 1. The van der Waals surface area contributed by atoms with Crippen LogP contribution in [-0.4, -0.2) is 14.2 Å². The van der Waals surface area contributed by atoms with Gasteiger partial charge in [0.1, 0.15) is 6.04 Å². The quantitative estimate of drug-likeness (QED) is 0.894. The van der Waals surface area contributed by atoms with Crippen LogP contribution in [-0.2, 0) is 0 Å². The first-order valence-electron chi connectivity index (χ1n) is 5.86. The molecule has 1 unspecified atom stereocenters. The van der Waals surface area contributed by atoms with E-state index >= 15 is 0 Å². The molecular formula is C15H18NO2+. The van der Waals surface area contributed by atoms with E-state index in [9.17, 15) is 0 Å². The van der Waals surface area contributed by atoms with Gasteiger partial charge >= 0.3 is 0 Å². The number of benzene rings is 2. The van der Waals surface area contributed by atoms with Crippen molar-refractivity contribution in [2.45, 2.75) is 6.04 Å². The summed E-state index contributed by atoms with van der Waals surface area (Å²) in [6.45, 7) is 0. The zero-order valence-electron chi connectivity index (χ0n) is 10.7. The molecule has 0 aliphatic heterocycles. The second kappa shape index (κ2) is 5.56. The van der Waals surface area contributed by atoms with E-state index in [0.717, 1.165) is 17.1 Å². The Morgan fingerprint density at radius 1 is 0.833 bits per heavy atom. The van der Waals surface area contributed by atoms with Crippen molar-refractivity contribution in [2.24, 2.45) is 0 Å². The summed E-state index contributed by atoms with van der Waals surface area (Å²) in [5.74, 6) is 1.47. The highest BCUT2D eigenvalue weighted by molar-refractivity contribution is 5.45. The lowest BCUT2D eigenvalue weighted by atomic mass is 9.99. The summed E-state index contributed by atoms with van der Waals surface area (Å²) in [6.07, 6.45) is 0. The maximum Gasteiger partial charge on any atom is 0.161 e. The van der Waals surface area contributed by atoms with Crippen LogP contribution in [0, 0.1) is 0 Å². The summed E-state index contributed by atoms with van der Waals surface area (Å²) in [5.41, 5.74) is 6.51. The first kappa shape index (κ1) is 12.5. The Morgan fingerprint density at radius 2 is 1.50 bits per heavy atom. The summed E-state index contributed by atoms with van der Waals surface area (Å²) < 4.78 is 10.5. The molecule has 0 bridgehead atoms. The highest BCUT2D eigenvalue weighted by Gasteiger charge is 2.14. The van der Waals surface area contributed by atoms with E-state index in [4.69, 9.17) is 9.47 Å². The van der Waals surface area contributed by atoms with Crippen LogP contribution in [0.2, 0.25) is 0 Å². The monoisotopic (exact) mass is 244 g/mol. The molecule has 1 atom stereocenters. The third kappa shape index (κ3) is 2.46. The fraction of sp³-hybridized carbons (Fsp3) is 0.200. The van der Waals surface area contributed by atoms with Crippen molar-refractivity contribution in [3.8, 4) is 11.5 Å². The van der Waals surface area contributed by atoms with Crippen molar-refractivity contribution < 1.29 is 15.2 Å². The van der Waals surface area contributed by atoms with Crippen LogP contribution < -0.4 is 15.2 Å². The van der Waals surface area contributed by atoms with Gasteiger partial charge in [-0.25, -0.2) is 0 Å². The summed E-state index contributed by atoms with van der Waals surface area (Å²) in [7, 11) is 3.28. The lowest BCUT2D eigenvalue weighted by Gasteiger charge is -2.13. The highest BCUT2D eigenvalue weighted by Crippen LogP contribution is 2.30. The zero-order valence-corrected chi connectivity index (χ0v) is 10.7. The molecule has 2 aromatic carbocycles. The van der Waals surface area contributed by atoms with E-state index in [1.807, 2.05) is 36.4 Å². The molecule has 0 radical (unpaired) electrons. The van der Waals surface area contributed by atoms with Crippen LogP contribution >= 0.6 is 0 Å². The fourth-order valence-electron chi connectivity index (χ4n) is 1.95. The number of hydrogen-bond acceptors (Lipinski definition) is 2. The molecule has 0 aromatic heterocycles. The van der Waals surface area contributed by atoms with Crippen molar-refractivity contribution in [1.29, 1.82) is 0 Å². The second-order valence-electron chi connectivity index (χ2n) is 4.08. The van der Waals surface area contributed by atoms with Gasteiger partial charge in [0.15, 0.2) is 11.5 Å². The first-order chi connectivity index (χ1) is 8.76. The Kier molecular flexibility index (Phi) is 3.85. The Hall–Kier alpha value is -2.00. The summed E-state index contributed by atoms with van der Waals surface area (Å²) in [4.78, 5) is 0. The number of methoxy groups -OCH3 is 2. The molecule has 0 heterocycles. The van der Waals surface area contributed by atoms with Crippen molar-refractivity contribution in [2.75, 3.05) is 14.2 Å². The average molecular weight is 244 g/mol. The Bertz CT molecular complexity index is 511. The molecule has 0 saturated heterocycles. The van der Waals surface area contributed by atoms with E-state index in [0.29, 0.717) is 0 Å². The standard InChI is InChI=1S/C15H17NO2/c1-17-13-9-8-12(10-14(13)18-2)15(16)11-6-4-3-5-7-11/h3-10,15H,16H2,1-2H3/p+1. The fourth-order valence-corrected chi connectivity index (χ4v) is 1.95. The van der Waals surface area contributed by atoms with Gasteiger partial charge < -0.3 is 15.2 Å². The minimum absolute atomic E-state index is 0.0889. The minimum Gasteiger partial charge on any atom is -0.493 e. The molecule has 0 aliphatic rings. The van der Waals surface area contributed by atoms with Crippen LogP contribution in [0.25, 0.3) is 0 Å². The molecule has 0 saturated carbocycles. The number of hydrogen-bond donors (Lipinski definition) is 1. The SMILES string of the molecule is COc1ccc(C([NH3+])c2ccccc2)cc1OC. The summed E-state index contributed by atoms with van der Waals surface area (Å²) in [6, 6.07) is 16.2. The molecule has 0 fully saturated rings. The van der Waals surface area contributed by atoms with Gasteiger partial charge in [0.05, 0.1) is 14.2 Å². The predicted molar refractivity (Wildman–Crippen MR) is 70.7 cm³/mol. The van der Waals surface area contributed by atoms with Crippen molar-refractivity contribution >= 4 is 0 Å². The molecule has 94 valence electrons. The van der Waals surface area contributed by atoms with Gasteiger partial charge in [-0.15, -0.1) is 0 Å². The van der Waals surface area contributed by atoms with Crippen molar-refractivity contribution in [1.82, 2.24) is 0 Å². The largest absolute Gasteiger partial charge is 0.493 e. The lowest BCUT2D eigenvalue weighted by molar-refractivity contribution is -0.411. The molecule has 0 spiro atoms. The van der Waals surface area contributed by atoms with Crippen LogP contribution in [0.4, 0.5) is 0 Å². The average Bonchev–Trinajstić information content (AvgIpc) is 2.46. The molecule has 0 amide bonds. The van der Waals surface area contributed by atoms with Crippen LogP contribution in [0.15, 0.2) is 48.5 Å². The maximum absolute atomic E-state index is 5.31. The zero-order chi connectivity index (χ0) is 13.0. The Morgan fingerprint density at radius 3 is 2.11 bits per heavy atom. The number of ether oxygens (including phenoxy) is 2. The highest BCUT2D eigenvalue weighted by atomic mass is 16.5. The first-order valence-corrected chi connectivity index (χ1v) is 5.86. The third-order valence-corrected chi connectivity index (χ3v) is 3.01. The van der Waals surface area contributed by atoms with Crippen LogP contribution in [0.3, 0.4) is 0 Å². The van der Waals surface area contributed by atoms with Crippen LogP contribution in [0.5, 0.6) is 11.5 Å². The normalized spacial score (nSPS) is 11.9. The molecule has 18 heavy (non-hydrogen) atoms. The molecule has 2 aromatic rings. The van der Waals surface area contributed by atoms with E-state index < -0.39 is 0 Å². The van der Waals surface area contributed by atoms with Gasteiger partial charge in [-0.1, -0.05) is 30.3 Å². The van der Waals surface area contributed by atoms with Crippen molar-refractivity contribution in [3.05, 3.63) is 59.7 Å². The van der Waals surface area contributed by atoms with Gasteiger partial charge in [0.2, 0.25) is 0 Å². The molecule has 2 rings (SSSR count). The van der Waals surface area contributed by atoms with Crippen molar-refractivity contribution in [3.63, 3.8) is 0 Å². The number of rotatable bonds is 4. The van der Waals surface area contributed by atoms with E-state index in [1.54, 1.807) is 14.2 Å². The summed E-state index contributed by atoms with van der Waals surface area (Å²) >= 11 is 0.